The quantitative estimate of drug-likeness (QED) is 0.121. The Morgan fingerprint density at radius 1 is 0.750 bits per heavy atom. The van der Waals surface area contributed by atoms with Crippen LogP contribution in [-0.4, -0.2) is 69.2 Å². The number of likely N-dealkylation sites (tertiary alicyclic amines) is 2. The minimum atomic E-state index is -3.09. The van der Waals surface area contributed by atoms with E-state index in [2.05, 4.69) is 11.8 Å². The van der Waals surface area contributed by atoms with Gasteiger partial charge < -0.3 is 23.4 Å². The van der Waals surface area contributed by atoms with E-state index < -0.39 is 25.2 Å². The van der Waals surface area contributed by atoms with E-state index in [0.29, 0.717) is 71.2 Å². The Morgan fingerprint density at radius 2 is 1.21 bits per heavy atom. The number of fused-ring (bicyclic) bond motifs is 2. The van der Waals surface area contributed by atoms with Crippen LogP contribution in [0, 0.1) is 13.8 Å². The summed E-state index contributed by atoms with van der Waals surface area (Å²) in [5.41, 5.74) is 7.42. The first-order valence-corrected chi connectivity index (χ1v) is 18.6. The van der Waals surface area contributed by atoms with Crippen molar-refractivity contribution in [1.29, 1.82) is 0 Å². The second-order valence-corrected chi connectivity index (χ2v) is 14.5. The molecule has 292 valence electrons. The fourth-order valence-corrected chi connectivity index (χ4v) is 8.16. The number of carboxylic acid groups (broad SMARTS) is 1. The third-order valence-corrected chi connectivity index (χ3v) is 11.1. The number of alkyl halides is 4. The number of aliphatic carboxylic acids is 1. The van der Waals surface area contributed by atoms with Gasteiger partial charge in [0.15, 0.2) is 11.2 Å². The van der Waals surface area contributed by atoms with Gasteiger partial charge in [-0.1, -0.05) is 24.3 Å². The lowest BCUT2D eigenvalue weighted by molar-refractivity contribution is -0.142. The van der Waals surface area contributed by atoms with Gasteiger partial charge in [-0.15, -0.1) is 0 Å². The summed E-state index contributed by atoms with van der Waals surface area (Å²) in [5.74, 6) is -0.375. The number of hydrogen-bond acceptors (Lipinski definition) is 9. The second-order valence-electron chi connectivity index (χ2n) is 14.5. The van der Waals surface area contributed by atoms with Crippen LogP contribution >= 0.6 is 0 Å². The SMILES string of the molecule is Cc1c(-c2nc3cc(CN4CCCC4C)c(OC(F)F)cc3o2)cccc1-c1cccc(-c2nc3cc(CN4CCC[C@H]4C(=O)O)c(OC(F)F)cc3o2)c1C. The van der Waals surface area contributed by atoms with E-state index >= 15 is 0 Å². The molecule has 2 atom stereocenters. The largest absolute Gasteiger partial charge is 0.480 e. The average Bonchev–Trinajstić information content (AvgIpc) is 3.96. The van der Waals surface area contributed by atoms with Crippen molar-refractivity contribution < 1.29 is 45.8 Å². The summed E-state index contributed by atoms with van der Waals surface area (Å²) in [7, 11) is 0. The van der Waals surface area contributed by atoms with Crippen molar-refractivity contribution in [1.82, 2.24) is 19.8 Å². The highest BCUT2D eigenvalue weighted by Crippen LogP contribution is 2.40. The zero-order chi connectivity index (χ0) is 39.2. The summed E-state index contributed by atoms with van der Waals surface area (Å²) < 4.78 is 76.1. The van der Waals surface area contributed by atoms with Crippen LogP contribution in [0.3, 0.4) is 0 Å². The lowest BCUT2D eigenvalue weighted by Crippen LogP contribution is -2.35. The van der Waals surface area contributed by atoms with Gasteiger partial charge in [0.2, 0.25) is 11.8 Å². The molecule has 4 aromatic carbocycles. The summed E-state index contributed by atoms with van der Waals surface area (Å²) in [6, 6.07) is 17.4. The number of ether oxygens (including phenoxy) is 2. The number of hydrogen-bond donors (Lipinski definition) is 1. The normalized spacial score (nSPS) is 17.9. The number of rotatable bonds is 12. The first-order valence-electron chi connectivity index (χ1n) is 18.6. The number of halogens is 4. The molecule has 2 aliphatic rings. The summed E-state index contributed by atoms with van der Waals surface area (Å²) >= 11 is 0. The van der Waals surface area contributed by atoms with E-state index in [1.165, 1.54) is 12.1 Å². The van der Waals surface area contributed by atoms with Gasteiger partial charge in [-0.2, -0.15) is 17.6 Å². The van der Waals surface area contributed by atoms with E-state index in [9.17, 15) is 27.5 Å². The molecule has 0 bridgehead atoms. The Bertz CT molecular complexity index is 2430. The molecule has 0 saturated carbocycles. The minimum absolute atomic E-state index is 0.0684. The van der Waals surface area contributed by atoms with Crippen LogP contribution in [0.25, 0.3) is 56.2 Å². The lowest BCUT2D eigenvalue weighted by atomic mass is 9.91. The summed E-state index contributed by atoms with van der Waals surface area (Å²) in [6.45, 7) is 1.91. The maximum Gasteiger partial charge on any atom is 0.387 e. The van der Waals surface area contributed by atoms with Crippen molar-refractivity contribution in [3.63, 3.8) is 0 Å². The topological polar surface area (TPSA) is 114 Å². The molecule has 4 heterocycles. The van der Waals surface area contributed by atoms with Gasteiger partial charge in [0.25, 0.3) is 0 Å². The van der Waals surface area contributed by atoms with Gasteiger partial charge in [0.1, 0.15) is 28.6 Å². The lowest BCUT2D eigenvalue weighted by Gasteiger charge is -2.22. The Morgan fingerprint density at radius 3 is 1.68 bits per heavy atom. The van der Waals surface area contributed by atoms with Crippen molar-refractivity contribution in [2.75, 3.05) is 13.1 Å². The molecule has 1 unspecified atom stereocenters. The maximum atomic E-state index is 13.5. The zero-order valence-electron chi connectivity index (χ0n) is 31.0. The molecular weight excluding hydrogens is 732 g/mol. The van der Waals surface area contributed by atoms with Crippen LogP contribution in [-0.2, 0) is 17.9 Å². The fourth-order valence-electron chi connectivity index (χ4n) is 8.16. The molecule has 2 aromatic heterocycles. The summed E-state index contributed by atoms with van der Waals surface area (Å²) in [6.07, 6.45) is 3.26. The van der Waals surface area contributed by atoms with Crippen molar-refractivity contribution >= 4 is 28.2 Å². The third-order valence-electron chi connectivity index (χ3n) is 11.1. The van der Waals surface area contributed by atoms with Crippen LogP contribution in [0.2, 0.25) is 0 Å². The molecule has 0 amide bonds. The molecular formula is C42H40F4N4O6. The van der Waals surface area contributed by atoms with Crippen LogP contribution in [0.1, 0.15) is 54.9 Å². The Kier molecular flexibility index (Phi) is 10.2. The molecule has 10 nitrogen and oxygen atoms in total. The van der Waals surface area contributed by atoms with Gasteiger partial charge in [-0.3, -0.25) is 14.6 Å². The smallest absolute Gasteiger partial charge is 0.387 e. The molecule has 0 spiro atoms. The highest BCUT2D eigenvalue weighted by Gasteiger charge is 2.32. The first-order chi connectivity index (χ1) is 26.9. The summed E-state index contributed by atoms with van der Waals surface area (Å²) in [5, 5.41) is 9.66. The maximum absolute atomic E-state index is 13.5. The molecule has 56 heavy (non-hydrogen) atoms. The van der Waals surface area contributed by atoms with Crippen LogP contribution in [0.4, 0.5) is 17.6 Å². The van der Waals surface area contributed by atoms with Crippen LogP contribution < -0.4 is 9.47 Å². The van der Waals surface area contributed by atoms with E-state index in [1.807, 2.05) is 50.2 Å². The standard InChI is InChI=1S/C42H40F4N4O6/c1-22-8-6-14-49(22)20-25-16-31-36(18-34(25)55-41(43)44)53-38(47-31)29-11-4-9-27(23(29)2)28-10-5-12-30(24(28)3)39-48-32-17-26(21-50-15-7-13-33(50)40(51)52)35(56-42(45)46)19-37(32)54-39/h4-5,9-12,16-19,22,33,41-42H,6-8,13-15,20-21H2,1-3H3,(H,51,52)/t22?,33-/m0/s1. The fraction of sp³-hybridized carbons (Fsp3) is 0.357. The third kappa shape index (κ3) is 7.30. The predicted octanol–water partition coefficient (Wildman–Crippen LogP) is 9.82. The van der Waals surface area contributed by atoms with Crippen molar-refractivity contribution in [2.24, 2.45) is 0 Å². The van der Waals surface area contributed by atoms with Crippen molar-refractivity contribution in [2.45, 2.75) is 84.9 Å². The number of aromatic nitrogens is 2. The molecule has 0 radical (unpaired) electrons. The van der Waals surface area contributed by atoms with E-state index in [0.717, 1.165) is 47.2 Å². The molecule has 14 heteroatoms. The van der Waals surface area contributed by atoms with Crippen molar-refractivity contribution in [3.05, 3.63) is 82.9 Å². The Labute approximate surface area is 319 Å². The molecule has 1 N–H and O–H groups in total. The van der Waals surface area contributed by atoms with Gasteiger partial charge >= 0.3 is 19.2 Å². The van der Waals surface area contributed by atoms with Gasteiger partial charge in [0.05, 0.1) is 0 Å². The average molecular weight is 773 g/mol. The first kappa shape index (κ1) is 37.5. The van der Waals surface area contributed by atoms with Crippen LogP contribution in [0.15, 0.2) is 69.5 Å². The molecule has 6 aromatic rings. The number of oxazole rings is 2. The van der Waals surface area contributed by atoms with Gasteiger partial charge in [-0.25, -0.2) is 9.97 Å². The Balaban J connectivity index is 1.13. The predicted molar refractivity (Wildman–Crippen MR) is 201 cm³/mol. The minimum Gasteiger partial charge on any atom is -0.480 e. The van der Waals surface area contributed by atoms with Gasteiger partial charge in [-0.05, 0) is 106 Å². The highest BCUT2D eigenvalue weighted by atomic mass is 19.3. The second kappa shape index (κ2) is 15.2. The highest BCUT2D eigenvalue weighted by molar-refractivity contribution is 5.85. The molecule has 2 fully saturated rings. The summed E-state index contributed by atoms with van der Waals surface area (Å²) in [4.78, 5) is 25.3. The number of nitrogens with zero attached hydrogens (tertiary/aromatic N) is 4. The molecule has 0 aliphatic carbocycles. The Hall–Kier alpha value is -5.47. The van der Waals surface area contributed by atoms with Crippen molar-refractivity contribution in [3.8, 4) is 45.5 Å². The van der Waals surface area contributed by atoms with E-state index in [-0.39, 0.29) is 29.5 Å². The number of carboxylic acids is 1. The number of benzene rings is 4. The zero-order valence-corrected chi connectivity index (χ0v) is 31.0. The van der Waals surface area contributed by atoms with E-state index in [1.54, 1.807) is 17.0 Å². The monoisotopic (exact) mass is 772 g/mol. The number of carbonyl (C=O) groups is 1. The molecule has 2 aliphatic heterocycles. The van der Waals surface area contributed by atoms with Crippen LogP contribution in [0.5, 0.6) is 11.5 Å². The molecule has 2 saturated heterocycles. The molecule has 8 rings (SSSR count). The van der Waals surface area contributed by atoms with Gasteiger partial charge in [0, 0.05) is 53.5 Å². The van der Waals surface area contributed by atoms with E-state index in [4.69, 9.17) is 28.3 Å².